The molecule has 1 saturated carbocycles. The summed E-state index contributed by atoms with van der Waals surface area (Å²) >= 11 is 0. The first-order chi connectivity index (χ1) is 14.1. The Balaban J connectivity index is 1.81. The Hall–Kier alpha value is -2.05. The van der Waals surface area contributed by atoms with Crippen LogP contribution < -0.4 is 10.5 Å². The lowest BCUT2D eigenvalue weighted by molar-refractivity contribution is -0.139. The maximum absolute atomic E-state index is 13.6. The van der Waals surface area contributed by atoms with Crippen LogP contribution in [0.25, 0.3) is 11.4 Å². The minimum absolute atomic E-state index is 0.103. The molecule has 0 amide bonds. The van der Waals surface area contributed by atoms with Gasteiger partial charge >= 0.3 is 6.18 Å². The van der Waals surface area contributed by atoms with Crippen molar-refractivity contribution in [1.29, 1.82) is 0 Å². The Labute approximate surface area is 171 Å². The van der Waals surface area contributed by atoms with E-state index in [2.05, 4.69) is 25.9 Å². The van der Waals surface area contributed by atoms with Gasteiger partial charge in [0.1, 0.15) is 4.90 Å². The van der Waals surface area contributed by atoms with E-state index in [0.29, 0.717) is 5.56 Å². The van der Waals surface area contributed by atoms with E-state index in [1.54, 1.807) is 0 Å². The predicted octanol–water partition coefficient (Wildman–Crippen LogP) is 2.56. The molecule has 2 aliphatic rings. The second-order valence-corrected chi connectivity index (χ2v) is 9.72. The molecule has 2 aromatic rings. The number of hydrogen-bond donors (Lipinski definition) is 3. The number of rotatable bonds is 3. The highest BCUT2D eigenvalue weighted by Crippen LogP contribution is 2.50. The molecule has 0 radical (unpaired) electrons. The van der Waals surface area contributed by atoms with E-state index in [4.69, 9.17) is 5.14 Å². The number of halogens is 3. The highest BCUT2D eigenvalue weighted by atomic mass is 32.2. The van der Waals surface area contributed by atoms with Gasteiger partial charge in [-0.05, 0) is 85.0 Å². The van der Waals surface area contributed by atoms with Crippen LogP contribution in [-0.4, -0.2) is 42.1 Å². The third kappa shape index (κ3) is 3.95. The van der Waals surface area contributed by atoms with Crippen molar-refractivity contribution >= 4 is 10.0 Å². The van der Waals surface area contributed by atoms with Crippen LogP contribution in [0, 0.1) is 5.41 Å². The zero-order chi connectivity index (χ0) is 21.6. The minimum Gasteiger partial charge on any atom is -0.317 e. The van der Waals surface area contributed by atoms with E-state index in [9.17, 15) is 21.6 Å². The number of sulfonamides is 1. The first-order valence-corrected chi connectivity index (χ1v) is 11.4. The molecule has 1 aliphatic carbocycles. The van der Waals surface area contributed by atoms with Crippen LogP contribution in [-0.2, 0) is 16.2 Å². The number of benzene rings is 1. The number of hydrogen-bond acceptors (Lipinski definition) is 6. The zero-order valence-corrected chi connectivity index (χ0v) is 17.0. The van der Waals surface area contributed by atoms with E-state index in [0.717, 1.165) is 57.7 Å². The van der Waals surface area contributed by atoms with Gasteiger partial charge < -0.3 is 5.32 Å². The molecular formula is C18H23F3N6O2S. The Morgan fingerprint density at radius 2 is 1.77 bits per heavy atom. The summed E-state index contributed by atoms with van der Waals surface area (Å²) in [4.78, 5) is -0.979. The second-order valence-electron chi connectivity index (χ2n) is 8.22. The lowest BCUT2D eigenvalue weighted by Gasteiger charge is -2.43. The van der Waals surface area contributed by atoms with Crippen LogP contribution in [0.3, 0.4) is 0 Å². The maximum Gasteiger partial charge on any atom is 0.417 e. The summed E-state index contributed by atoms with van der Waals surface area (Å²) < 4.78 is 65.4. The molecule has 4 rings (SSSR count). The molecule has 8 nitrogen and oxygen atoms in total. The largest absolute Gasteiger partial charge is 0.417 e. The molecule has 4 N–H and O–H groups in total. The van der Waals surface area contributed by atoms with Crippen LogP contribution in [0.15, 0.2) is 17.0 Å². The highest BCUT2D eigenvalue weighted by molar-refractivity contribution is 7.89. The Kier molecular flexibility index (Phi) is 5.35. The van der Waals surface area contributed by atoms with Crippen LogP contribution in [0.5, 0.6) is 0 Å². The third-order valence-electron chi connectivity index (χ3n) is 6.51. The van der Waals surface area contributed by atoms with Crippen LogP contribution in [0.2, 0.25) is 0 Å². The van der Waals surface area contributed by atoms with Crippen LogP contribution in [0.1, 0.15) is 55.6 Å². The van der Waals surface area contributed by atoms with Gasteiger partial charge in [0, 0.05) is 5.56 Å². The number of H-pyrrole nitrogens is 1. The van der Waals surface area contributed by atoms with E-state index in [-0.39, 0.29) is 22.7 Å². The first kappa shape index (κ1) is 21.2. The molecule has 2 heterocycles. The summed E-state index contributed by atoms with van der Waals surface area (Å²) in [6.07, 6.45) is 0.655. The van der Waals surface area contributed by atoms with E-state index in [1.807, 2.05) is 0 Å². The summed E-state index contributed by atoms with van der Waals surface area (Å²) in [5.41, 5.74) is -0.756. The standard InChI is InChI=1S/C18H23F3N6O2S/c19-18(20,21)13-2-1-12(11-3-5-17(6-4-11)7-9-23-10-8-17)14(15(13)30(22,28)29)16-24-26-27-25-16/h1-2,11,23H,3-10H2,(H2,22,28,29)(H,24,25,26,27). The number of aromatic nitrogens is 4. The molecule has 0 atom stereocenters. The molecule has 2 fully saturated rings. The van der Waals surface area contributed by atoms with Crippen molar-refractivity contribution in [2.75, 3.05) is 13.1 Å². The molecule has 1 aromatic heterocycles. The highest BCUT2D eigenvalue weighted by Gasteiger charge is 2.42. The van der Waals surface area contributed by atoms with Crippen molar-refractivity contribution in [2.45, 2.75) is 55.5 Å². The van der Waals surface area contributed by atoms with Crippen molar-refractivity contribution in [3.63, 3.8) is 0 Å². The Bertz CT molecular complexity index is 1010. The smallest absolute Gasteiger partial charge is 0.317 e. The average Bonchev–Trinajstić information content (AvgIpc) is 3.21. The second kappa shape index (κ2) is 7.57. The van der Waals surface area contributed by atoms with Gasteiger partial charge in [-0.15, -0.1) is 5.10 Å². The molecule has 0 bridgehead atoms. The molecule has 1 aromatic carbocycles. The van der Waals surface area contributed by atoms with Crippen molar-refractivity contribution in [3.05, 3.63) is 23.3 Å². The van der Waals surface area contributed by atoms with Crippen molar-refractivity contribution in [2.24, 2.45) is 10.6 Å². The molecular weight excluding hydrogens is 421 g/mol. The summed E-state index contributed by atoms with van der Waals surface area (Å²) in [6, 6.07) is 2.15. The van der Waals surface area contributed by atoms with Crippen LogP contribution >= 0.6 is 0 Å². The van der Waals surface area contributed by atoms with Gasteiger partial charge in [-0.3, -0.25) is 0 Å². The molecule has 0 unspecified atom stereocenters. The Morgan fingerprint density at radius 1 is 1.10 bits per heavy atom. The van der Waals surface area contributed by atoms with Crippen molar-refractivity contribution < 1.29 is 21.6 Å². The fourth-order valence-corrected chi connectivity index (χ4v) is 5.95. The normalized spacial score (nSPS) is 20.5. The number of tetrazole rings is 1. The number of nitrogens with one attached hydrogen (secondary N) is 2. The maximum atomic E-state index is 13.6. The quantitative estimate of drug-likeness (QED) is 0.668. The van der Waals surface area contributed by atoms with Gasteiger partial charge in [-0.2, -0.15) is 13.2 Å². The van der Waals surface area contributed by atoms with E-state index < -0.39 is 26.7 Å². The molecule has 30 heavy (non-hydrogen) atoms. The van der Waals surface area contributed by atoms with Crippen molar-refractivity contribution in [3.8, 4) is 11.4 Å². The summed E-state index contributed by atoms with van der Waals surface area (Å²) in [5, 5.41) is 21.6. The third-order valence-corrected chi connectivity index (χ3v) is 7.51. The zero-order valence-electron chi connectivity index (χ0n) is 16.2. The number of alkyl halides is 3. The van der Waals surface area contributed by atoms with Crippen molar-refractivity contribution in [1.82, 2.24) is 25.9 Å². The van der Waals surface area contributed by atoms with Gasteiger partial charge in [0.05, 0.1) is 5.56 Å². The minimum atomic E-state index is -4.89. The topological polar surface area (TPSA) is 127 Å². The summed E-state index contributed by atoms with van der Waals surface area (Å²) in [5.74, 6) is -0.240. The van der Waals surface area contributed by atoms with E-state index >= 15 is 0 Å². The number of nitrogens with two attached hydrogens (primary N) is 1. The first-order valence-electron chi connectivity index (χ1n) is 9.82. The monoisotopic (exact) mass is 444 g/mol. The fourth-order valence-electron chi connectivity index (χ4n) is 4.96. The van der Waals surface area contributed by atoms with Crippen LogP contribution in [0.4, 0.5) is 13.2 Å². The van der Waals surface area contributed by atoms with Gasteiger partial charge in [-0.25, -0.2) is 18.7 Å². The molecule has 1 aliphatic heterocycles. The van der Waals surface area contributed by atoms with Gasteiger partial charge in [-0.1, -0.05) is 6.07 Å². The van der Waals surface area contributed by atoms with Gasteiger partial charge in [0.2, 0.25) is 10.0 Å². The SMILES string of the molecule is NS(=O)(=O)c1c(C(F)(F)F)ccc(C2CCC3(CCNCC3)CC2)c1-c1nnn[nH]1. The molecule has 164 valence electrons. The number of nitrogens with zero attached hydrogens (tertiary/aromatic N) is 3. The molecule has 1 spiro atoms. The van der Waals surface area contributed by atoms with E-state index in [1.165, 1.54) is 6.07 Å². The number of piperidine rings is 1. The molecule has 1 saturated heterocycles. The molecule has 12 heteroatoms. The van der Waals surface area contributed by atoms with Gasteiger partial charge in [0.15, 0.2) is 5.82 Å². The fraction of sp³-hybridized carbons (Fsp3) is 0.611. The van der Waals surface area contributed by atoms with Gasteiger partial charge in [0.25, 0.3) is 0 Å². The lowest BCUT2D eigenvalue weighted by atomic mass is 9.64. The predicted molar refractivity (Wildman–Crippen MR) is 102 cm³/mol. The number of aromatic amines is 1. The lowest BCUT2D eigenvalue weighted by Crippen LogP contribution is -2.39. The summed E-state index contributed by atoms with van der Waals surface area (Å²) in [7, 11) is -4.71. The average molecular weight is 444 g/mol. The summed E-state index contributed by atoms with van der Waals surface area (Å²) in [6.45, 7) is 1.94. The number of primary sulfonamides is 1. The Morgan fingerprint density at radius 3 is 2.30 bits per heavy atom.